The summed E-state index contributed by atoms with van der Waals surface area (Å²) < 4.78 is 20.6. The second-order valence-corrected chi connectivity index (χ2v) is 11.4. The minimum absolute atomic E-state index is 0.300. The van der Waals surface area contributed by atoms with E-state index in [9.17, 15) is 9.00 Å². The summed E-state index contributed by atoms with van der Waals surface area (Å²) in [7, 11) is -0.851. The molecule has 0 saturated carbocycles. The first kappa shape index (κ1) is 23.0. The molecule has 3 fully saturated rings. The molecule has 2 bridgehead atoms. The van der Waals surface area contributed by atoms with Gasteiger partial charge in [-0.15, -0.1) is 0 Å². The lowest BCUT2D eigenvalue weighted by atomic mass is 9.99. The van der Waals surface area contributed by atoms with Gasteiger partial charge in [0, 0.05) is 30.4 Å². The molecular formula is C21H40N4O3S. The van der Waals surface area contributed by atoms with Crippen molar-refractivity contribution in [3.8, 4) is 0 Å². The molecule has 8 heteroatoms. The van der Waals surface area contributed by atoms with E-state index in [4.69, 9.17) is 10.5 Å². The molecule has 1 amide bonds. The molecule has 7 nitrogen and oxygen atoms in total. The number of piperidine rings is 2. The first-order chi connectivity index (χ1) is 13.7. The van der Waals surface area contributed by atoms with Crippen LogP contribution in [0.4, 0.5) is 4.79 Å². The highest BCUT2D eigenvalue weighted by Gasteiger charge is 2.43. The van der Waals surface area contributed by atoms with Gasteiger partial charge in [-0.3, -0.25) is 0 Å². The Morgan fingerprint density at radius 2 is 1.76 bits per heavy atom. The standard InChI is InChI=1S/C21H40N4O3S/c1-21(2,3)28-20(26)23-9-4-10-24-11-7-16(8-12-24)15-29(27)25-18-5-6-19(25)14-17(22)13-18/h16-19H,4-15,22H2,1-3H3,(H,23,26)/t17?,18-,19+,29?. The fourth-order valence-corrected chi connectivity index (χ4v) is 6.94. The van der Waals surface area contributed by atoms with Crippen molar-refractivity contribution < 1.29 is 13.7 Å². The van der Waals surface area contributed by atoms with Crippen LogP contribution >= 0.6 is 0 Å². The van der Waals surface area contributed by atoms with Crippen LogP contribution in [0, 0.1) is 5.92 Å². The van der Waals surface area contributed by atoms with E-state index in [2.05, 4.69) is 14.5 Å². The third-order valence-electron chi connectivity index (χ3n) is 6.34. The largest absolute Gasteiger partial charge is 0.444 e. The number of ether oxygens (including phenoxy) is 1. The molecule has 0 aromatic rings. The third kappa shape index (κ3) is 6.91. The van der Waals surface area contributed by atoms with Crippen molar-refractivity contribution in [2.75, 3.05) is 31.9 Å². The number of likely N-dealkylation sites (tertiary alicyclic amines) is 1. The van der Waals surface area contributed by atoms with Crippen molar-refractivity contribution in [2.24, 2.45) is 11.7 Å². The number of amides is 1. The topological polar surface area (TPSA) is 87.9 Å². The van der Waals surface area contributed by atoms with Crippen molar-refractivity contribution in [3.05, 3.63) is 0 Å². The molecular weight excluding hydrogens is 388 g/mol. The van der Waals surface area contributed by atoms with Crippen LogP contribution in [0.25, 0.3) is 0 Å². The fraction of sp³-hybridized carbons (Fsp3) is 0.952. The summed E-state index contributed by atoms with van der Waals surface area (Å²) in [6.45, 7) is 9.36. The van der Waals surface area contributed by atoms with Crippen LogP contribution in [0.2, 0.25) is 0 Å². The van der Waals surface area contributed by atoms with Gasteiger partial charge in [0.15, 0.2) is 0 Å². The molecule has 168 valence electrons. The molecule has 0 aromatic heterocycles. The normalized spacial score (nSPS) is 30.3. The number of fused-ring (bicyclic) bond motifs is 2. The molecule has 0 radical (unpaired) electrons. The lowest BCUT2D eigenvalue weighted by Gasteiger charge is -2.38. The minimum atomic E-state index is -0.851. The van der Waals surface area contributed by atoms with Crippen LogP contribution in [-0.2, 0) is 15.7 Å². The lowest BCUT2D eigenvalue weighted by molar-refractivity contribution is 0.0525. The smallest absolute Gasteiger partial charge is 0.407 e. The van der Waals surface area contributed by atoms with Gasteiger partial charge in [0.05, 0.1) is 11.0 Å². The van der Waals surface area contributed by atoms with E-state index in [0.29, 0.717) is 30.6 Å². The minimum Gasteiger partial charge on any atom is -0.444 e. The van der Waals surface area contributed by atoms with Gasteiger partial charge in [0.2, 0.25) is 0 Å². The van der Waals surface area contributed by atoms with Crippen LogP contribution in [0.1, 0.15) is 65.7 Å². The highest BCUT2D eigenvalue weighted by molar-refractivity contribution is 7.82. The zero-order chi connectivity index (χ0) is 21.0. The van der Waals surface area contributed by atoms with Crippen molar-refractivity contribution >= 4 is 17.1 Å². The first-order valence-corrected chi connectivity index (χ1v) is 12.6. The Morgan fingerprint density at radius 3 is 2.34 bits per heavy atom. The lowest BCUT2D eigenvalue weighted by Crippen LogP contribution is -2.49. The zero-order valence-electron chi connectivity index (χ0n) is 18.4. The van der Waals surface area contributed by atoms with Gasteiger partial charge in [-0.2, -0.15) is 0 Å². The maximum absolute atomic E-state index is 13.0. The van der Waals surface area contributed by atoms with Gasteiger partial charge < -0.3 is 20.7 Å². The van der Waals surface area contributed by atoms with E-state index in [1.54, 1.807) is 0 Å². The van der Waals surface area contributed by atoms with Gasteiger partial charge in [0.25, 0.3) is 0 Å². The predicted molar refractivity (Wildman–Crippen MR) is 117 cm³/mol. The number of carbonyl (C=O) groups excluding carboxylic acids is 1. The second kappa shape index (κ2) is 10.1. The van der Waals surface area contributed by atoms with Crippen LogP contribution in [0.15, 0.2) is 0 Å². The fourth-order valence-electron chi connectivity index (χ4n) is 4.98. The Balaban J connectivity index is 1.30. The highest BCUT2D eigenvalue weighted by atomic mass is 32.2. The van der Waals surface area contributed by atoms with E-state index < -0.39 is 16.6 Å². The van der Waals surface area contributed by atoms with Crippen molar-refractivity contribution in [3.63, 3.8) is 0 Å². The van der Waals surface area contributed by atoms with Gasteiger partial charge >= 0.3 is 6.09 Å². The number of hydrogen-bond acceptors (Lipinski definition) is 5. The molecule has 3 saturated heterocycles. The Bertz CT molecular complexity index is 561. The summed E-state index contributed by atoms with van der Waals surface area (Å²) in [5, 5.41) is 2.82. The second-order valence-electron chi connectivity index (χ2n) is 10.0. The summed E-state index contributed by atoms with van der Waals surface area (Å²) in [4.78, 5) is 14.1. The Labute approximate surface area is 178 Å². The van der Waals surface area contributed by atoms with E-state index in [-0.39, 0.29) is 6.09 Å². The molecule has 4 atom stereocenters. The summed E-state index contributed by atoms with van der Waals surface area (Å²) in [5.74, 6) is 1.37. The molecule has 3 N–H and O–H groups in total. The SMILES string of the molecule is CC(C)(C)OC(=O)NCCCN1CCC(CS(=O)N2[C@@H]3CC[C@H]2CC(N)C3)CC1. The molecule has 3 aliphatic heterocycles. The summed E-state index contributed by atoms with van der Waals surface area (Å²) in [6, 6.07) is 1.19. The number of carbonyl (C=O) groups is 1. The van der Waals surface area contributed by atoms with Gasteiger partial charge in [0.1, 0.15) is 5.60 Å². The number of nitrogens with zero attached hydrogens (tertiary/aromatic N) is 2. The average molecular weight is 429 g/mol. The summed E-state index contributed by atoms with van der Waals surface area (Å²) in [5.41, 5.74) is 5.70. The third-order valence-corrected chi connectivity index (χ3v) is 8.17. The quantitative estimate of drug-likeness (QED) is 0.607. The number of alkyl carbamates (subject to hydrolysis) is 1. The zero-order valence-corrected chi connectivity index (χ0v) is 19.2. The van der Waals surface area contributed by atoms with Crippen LogP contribution in [-0.4, -0.2) is 75.2 Å². The number of nitrogens with two attached hydrogens (primary N) is 1. The van der Waals surface area contributed by atoms with E-state index in [0.717, 1.165) is 57.5 Å². The molecule has 2 unspecified atom stereocenters. The molecule has 0 spiro atoms. The van der Waals surface area contributed by atoms with Gasteiger partial charge in [-0.05, 0) is 91.3 Å². The molecule has 3 rings (SSSR count). The number of rotatable bonds is 7. The maximum Gasteiger partial charge on any atom is 0.407 e. The molecule has 0 aromatic carbocycles. The molecule has 29 heavy (non-hydrogen) atoms. The van der Waals surface area contributed by atoms with Crippen molar-refractivity contribution in [1.29, 1.82) is 0 Å². The van der Waals surface area contributed by atoms with E-state index in [1.807, 2.05) is 20.8 Å². The first-order valence-electron chi connectivity index (χ1n) is 11.3. The Kier molecular flexibility index (Phi) is 7.98. The van der Waals surface area contributed by atoms with Gasteiger partial charge in [-0.25, -0.2) is 13.3 Å². The molecule has 3 heterocycles. The average Bonchev–Trinajstić information content (AvgIpc) is 2.90. The van der Waals surface area contributed by atoms with Crippen LogP contribution in [0.5, 0.6) is 0 Å². The number of hydrogen-bond donors (Lipinski definition) is 2. The number of nitrogens with one attached hydrogen (secondary N) is 1. The predicted octanol–water partition coefficient (Wildman–Crippen LogP) is 2.23. The summed E-state index contributed by atoms with van der Waals surface area (Å²) >= 11 is 0. The molecule has 3 aliphatic rings. The Morgan fingerprint density at radius 1 is 1.14 bits per heavy atom. The maximum atomic E-state index is 13.0. The van der Waals surface area contributed by atoms with Crippen molar-refractivity contribution in [1.82, 2.24) is 14.5 Å². The van der Waals surface area contributed by atoms with Crippen LogP contribution in [0.3, 0.4) is 0 Å². The van der Waals surface area contributed by atoms with Gasteiger partial charge in [-0.1, -0.05) is 0 Å². The van der Waals surface area contributed by atoms with E-state index in [1.165, 1.54) is 12.8 Å². The highest BCUT2D eigenvalue weighted by Crippen LogP contribution is 2.37. The monoisotopic (exact) mass is 428 g/mol. The van der Waals surface area contributed by atoms with E-state index >= 15 is 0 Å². The van der Waals surface area contributed by atoms with Crippen LogP contribution < -0.4 is 11.1 Å². The molecule has 0 aliphatic carbocycles. The Hall–Kier alpha value is -0.700. The van der Waals surface area contributed by atoms with Crippen molar-refractivity contribution in [2.45, 2.75) is 89.4 Å². The summed E-state index contributed by atoms with van der Waals surface area (Å²) in [6.07, 6.45) is 7.18.